The molecule has 0 aliphatic heterocycles. The van der Waals surface area contributed by atoms with E-state index in [0.29, 0.717) is 0 Å². The predicted octanol–water partition coefficient (Wildman–Crippen LogP) is 2.94. The third-order valence-corrected chi connectivity index (χ3v) is 3.93. The van der Waals surface area contributed by atoms with E-state index in [9.17, 15) is 0 Å². The van der Waals surface area contributed by atoms with Crippen molar-refractivity contribution >= 4 is 5.95 Å². The van der Waals surface area contributed by atoms with Crippen molar-refractivity contribution in [3.05, 3.63) is 17.5 Å². The molecule has 1 N–H and O–H groups in total. The lowest BCUT2D eigenvalue weighted by Crippen LogP contribution is -2.19. The van der Waals surface area contributed by atoms with Crippen LogP contribution in [0.25, 0.3) is 0 Å². The second-order valence-corrected chi connectivity index (χ2v) is 5.69. The number of aromatic nitrogens is 2. The van der Waals surface area contributed by atoms with Gasteiger partial charge >= 0.3 is 0 Å². The summed E-state index contributed by atoms with van der Waals surface area (Å²) in [5, 5.41) is 3.45. The Kier molecular flexibility index (Phi) is 2.77. The summed E-state index contributed by atoms with van der Waals surface area (Å²) in [6.45, 7) is 5.12. The Balaban J connectivity index is 1.61. The van der Waals surface area contributed by atoms with E-state index in [4.69, 9.17) is 0 Å². The average Bonchev–Trinajstić information content (AvgIpc) is 3.12. The molecular weight excluding hydrogens is 210 g/mol. The normalized spacial score (nSPS) is 19.7. The Hall–Kier alpha value is -1.12. The van der Waals surface area contributed by atoms with E-state index in [-0.39, 0.29) is 0 Å². The van der Waals surface area contributed by atoms with Crippen LogP contribution in [0.1, 0.15) is 37.1 Å². The summed E-state index contributed by atoms with van der Waals surface area (Å²) in [5.74, 6) is 3.66. The van der Waals surface area contributed by atoms with Gasteiger partial charge in [-0.25, -0.2) is 9.97 Å². The molecule has 1 aromatic rings. The molecule has 0 bridgehead atoms. The lowest BCUT2D eigenvalue weighted by Gasteiger charge is -2.16. The lowest BCUT2D eigenvalue weighted by molar-refractivity contribution is 0.427. The summed E-state index contributed by atoms with van der Waals surface area (Å²) in [6.07, 6.45) is 5.76. The van der Waals surface area contributed by atoms with Gasteiger partial charge in [0.25, 0.3) is 0 Å². The van der Waals surface area contributed by atoms with Crippen LogP contribution in [0.3, 0.4) is 0 Å². The molecule has 3 nitrogen and oxygen atoms in total. The standard InChI is InChI=1S/C14H21N3/c1-9-7-10(2)17-14(16-9)15-8-13(11-3-4-11)12-5-6-12/h7,11-13H,3-6,8H2,1-2H3,(H,15,16,17). The van der Waals surface area contributed by atoms with Gasteiger partial charge in [-0.15, -0.1) is 0 Å². The van der Waals surface area contributed by atoms with Crippen molar-refractivity contribution in [1.82, 2.24) is 9.97 Å². The van der Waals surface area contributed by atoms with E-state index in [1.165, 1.54) is 25.7 Å². The maximum absolute atomic E-state index is 4.44. The van der Waals surface area contributed by atoms with Crippen molar-refractivity contribution in [3.63, 3.8) is 0 Å². The molecular formula is C14H21N3. The molecule has 0 unspecified atom stereocenters. The summed E-state index contributed by atoms with van der Waals surface area (Å²) in [5.41, 5.74) is 2.10. The van der Waals surface area contributed by atoms with Crippen LogP contribution < -0.4 is 5.32 Å². The number of nitrogens with zero attached hydrogens (tertiary/aromatic N) is 2. The first kappa shape index (κ1) is 11.0. The Morgan fingerprint density at radius 2 is 1.65 bits per heavy atom. The van der Waals surface area contributed by atoms with Crippen LogP contribution in [0.15, 0.2) is 6.07 Å². The summed E-state index contributed by atoms with van der Waals surface area (Å²) in [4.78, 5) is 8.89. The molecule has 0 amide bonds. The molecule has 1 aromatic heterocycles. The number of rotatable bonds is 5. The minimum Gasteiger partial charge on any atom is -0.354 e. The van der Waals surface area contributed by atoms with E-state index < -0.39 is 0 Å². The fraction of sp³-hybridized carbons (Fsp3) is 0.714. The van der Waals surface area contributed by atoms with Crippen LogP contribution in [-0.4, -0.2) is 16.5 Å². The molecule has 0 atom stereocenters. The zero-order valence-corrected chi connectivity index (χ0v) is 10.7. The first-order chi connectivity index (χ1) is 8.22. The Morgan fingerprint density at radius 3 is 2.12 bits per heavy atom. The van der Waals surface area contributed by atoms with Gasteiger partial charge in [0.05, 0.1) is 0 Å². The molecule has 92 valence electrons. The highest BCUT2D eigenvalue weighted by Crippen LogP contribution is 2.49. The molecule has 0 radical (unpaired) electrons. The minimum absolute atomic E-state index is 0.814. The summed E-state index contributed by atoms with van der Waals surface area (Å²) in [6, 6.07) is 2.02. The Labute approximate surface area is 103 Å². The number of hydrogen-bond donors (Lipinski definition) is 1. The van der Waals surface area contributed by atoms with Crippen LogP contribution in [0.4, 0.5) is 5.95 Å². The molecule has 0 saturated heterocycles. The lowest BCUT2D eigenvalue weighted by atomic mass is 9.98. The molecule has 2 fully saturated rings. The van der Waals surface area contributed by atoms with E-state index in [0.717, 1.165) is 41.6 Å². The molecule has 17 heavy (non-hydrogen) atoms. The molecule has 0 spiro atoms. The molecule has 3 heteroatoms. The number of anilines is 1. The Bertz CT molecular complexity index is 376. The second-order valence-electron chi connectivity index (χ2n) is 5.69. The molecule has 2 saturated carbocycles. The molecule has 2 aliphatic rings. The van der Waals surface area contributed by atoms with E-state index in [1.54, 1.807) is 0 Å². The van der Waals surface area contributed by atoms with Crippen molar-refractivity contribution in [2.45, 2.75) is 39.5 Å². The summed E-state index contributed by atoms with van der Waals surface area (Å²) >= 11 is 0. The van der Waals surface area contributed by atoms with Gasteiger partial charge in [0.2, 0.25) is 5.95 Å². The highest BCUT2D eigenvalue weighted by molar-refractivity contribution is 5.27. The average molecular weight is 231 g/mol. The van der Waals surface area contributed by atoms with Gasteiger partial charge in [-0.2, -0.15) is 0 Å². The zero-order valence-electron chi connectivity index (χ0n) is 10.7. The largest absolute Gasteiger partial charge is 0.354 e. The third-order valence-electron chi connectivity index (χ3n) is 3.93. The summed E-state index contributed by atoms with van der Waals surface area (Å²) in [7, 11) is 0. The fourth-order valence-corrected chi connectivity index (χ4v) is 2.78. The molecule has 3 rings (SSSR count). The fourth-order valence-electron chi connectivity index (χ4n) is 2.78. The van der Waals surface area contributed by atoms with Gasteiger partial charge in [0.15, 0.2) is 0 Å². The van der Waals surface area contributed by atoms with Crippen molar-refractivity contribution in [2.75, 3.05) is 11.9 Å². The number of nitrogens with one attached hydrogen (secondary N) is 1. The van der Waals surface area contributed by atoms with Gasteiger partial charge in [0, 0.05) is 17.9 Å². The molecule has 0 aromatic carbocycles. The van der Waals surface area contributed by atoms with Crippen molar-refractivity contribution in [2.24, 2.45) is 17.8 Å². The van der Waals surface area contributed by atoms with Gasteiger partial charge in [-0.3, -0.25) is 0 Å². The molecule has 2 aliphatic carbocycles. The monoisotopic (exact) mass is 231 g/mol. The Morgan fingerprint density at radius 1 is 1.12 bits per heavy atom. The van der Waals surface area contributed by atoms with Crippen molar-refractivity contribution < 1.29 is 0 Å². The van der Waals surface area contributed by atoms with Crippen molar-refractivity contribution in [3.8, 4) is 0 Å². The highest BCUT2D eigenvalue weighted by Gasteiger charge is 2.41. The van der Waals surface area contributed by atoms with Gasteiger partial charge in [-0.1, -0.05) is 0 Å². The second kappa shape index (κ2) is 4.28. The van der Waals surface area contributed by atoms with Crippen LogP contribution in [0, 0.1) is 31.6 Å². The van der Waals surface area contributed by atoms with Gasteiger partial charge in [-0.05, 0) is 63.4 Å². The topological polar surface area (TPSA) is 37.8 Å². The van der Waals surface area contributed by atoms with Gasteiger partial charge < -0.3 is 5.32 Å². The predicted molar refractivity (Wildman–Crippen MR) is 68.9 cm³/mol. The molecule has 1 heterocycles. The number of aryl methyl sites for hydroxylation is 2. The smallest absolute Gasteiger partial charge is 0.223 e. The minimum atomic E-state index is 0.814. The number of hydrogen-bond acceptors (Lipinski definition) is 3. The summed E-state index contributed by atoms with van der Waals surface area (Å²) < 4.78 is 0. The van der Waals surface area contributed by atoms with Crippen LogP contribution in [0.5, 0.6) is 0 Å². The third kappa shape index (κ3) is 2.76. The van der Waals surface area contributed by atoms with Crippen LogP contribution in [0.2, 0.25) is 0 Å². The van der Waals surface area contributed by atoms with Crippen molar-refractivity contribution in [1.29, 1.82) is 0 Å². The highest BCUT2D eigenvalue weighted by atomic mass is 15.1. The maximum Gasteiger partial charge on any atom is 0.223 e. The van der Waals surface area contributed by atoms with Gasteiger partial charge in [0.1, 0.15) is 0 Å². The maximum atomic E-state index is 4.44. The zero-order chi connectivity index (χ0) is 11.8. The first-order valence-corrected chi connectivity index (χ1v) is 6.78. The first-order valence-electron chi connectivity index (χ1n) is 6.78. The van der Waals surface area contributed by atoms with Crippen LogP contribution in [-0.2, 0) is 0 Å². The van der Waals surface area contributed by atoms with E-state index in [1.807, 2.05) is 19.9 Å². The van der Waals surface area contributed by atoms with E-state index >= 15 is 0 Å². The van der Waals surface area contributed by atoms with Crippen LogP contribution >= 0.6 is 0 Å². The quantitative estimate of drug-likeness (QED) is 0.846. The SMILES string of the molecule is Cc1cc(C)nc(NCC(C2CC2)C2CC2)n1. The van der Waals surface area contributed by atoms with E-state index in [2.05, 4.69) is 15.3 Å².